The lowest BCUT2D eigenvalue weighted by Crippen LogP contribution is -1.95. The van der Waals surface area contributed by atoms with Crippen LogP contribution in [-0.4, -0.2) is 0 Å². The van der Waals surface area contributed by atoms with E-state index in [4.69, 9.17) is 10.00 Å². The largest absolute Gasteiger partial charge is 0.489 e. The standard InChI is InChI=1S/C14H10FNO2S/c15-19-18-14-7-5-13(6-8-14)17-10-12-3-1-11(9-16)2-4-12/h1-8H,10H2. The van der Waals surface area contributed by atoms with Crippen molar-refractivity contribution in [1.29, 1.82) is 5.26 Å². The normalized spacial score (nSPS) is 9.68. The SMILES string of the molecule is N#Cc1ccc(COc2ccc(OSF)cc2)cc1. The van der Waals surface area contributed by atoms with Gasteiger partial charge in [0.25, 0.3) is 12.4 Å². The molecule has 0 fully saturated rings. The number of rotatable bonds is 5. The van der Waals surface area contributed by atoms with Gasteiger partial charge in [-0.3, -0.25) is 0 Å². The Bertz CT molecular complexity index is 563. The van der Waals surface area contributed by atoms with Crippen molar-refractivity contribution in [1.82, 2.24) is 0 Å². The van der Waals surface area contributed by atoms with Crippen molar-refractivity contribution >= 4 is 12.4 Å². The maximum absolute atomic E-state index is 11.9. The number of hydrogen-bond acceptors (Lipinski definition) is 4. The van der Waals surface area contributed by atoms with Crippen molar-refractivity contribution < 1.29 is 12.8 Å². The Morgan fingerprint density at radius 1 is 1.00 bits per heavy atom. The molecule has 0 radical (unpaired) electrons. The van der Waals surface area contributed by atoms with Crippen LogP contribution in [0.2, 0.25) is 0 Å². The van der Waals surface area contributed by atoms with E-state index >= 15 is 0 Å². The molecule has 0 aliphatic heterocycles. The van der Waals surface area contributed by atoms with Crippen molar-refractivity contribution in [2.24, 2.45) is 0 Å². The van der Waals surface area contributed by atoms with Gasteiger partial charge in [0.05, 0.1) is 11.6 Å². The molecule has 0 aromatic heterocycles. The second-order valence-electron chi connectivity index (χ2n) is 3.72. The zero-order valence-corrected chi connectivity index (χ0v) is 10.7. The van der Waals surface area contributed by atoms with E-state index < -0.39 is 0 Å². The van der Waals surface area contributed by atoms with E-state index in [1.165, 1.54) is 0 Å². The molecule has 96 valence electrons. The van der Waals surface area contributed by atoms with Crippen LogP contribution >= 0.6 is 12.4 Å². The van der Waals surface area contributed by atoms with Crippen LogP contribution in [0.1, 0.15) is 11.1 Å². The first-order valence-corrected chi connectivity index (χ1v) is 6.13. The van der Waals surface area contributed by atoms with E-state index in [0.717, 1.165) is 5.56 Å². The van der Waals surface area contributed by atoms with Crippen LogP contribution in [0, 0.1) is 11.3 Å². The minimum Gasteiger partial charge on any atom is -0.489 e. The van der Waals surface area contributed by atoms with Crippen molar-refractivity contribution in [2.75, 3.05) is 0 Å². The lowest BCUT2D eigenvalue weighted by Gasteiger charge is -2.06. The second kappa shape index (κ2) is 6.66. The highest BCUT2D eigenvalue weighted by Gasteiger charge is 1.99. The molecule has 0 aliphatic carbocycles. The first-order chi connectivity index (χ1) is 9.31. The molecule has 0 unspecified atom stereocenters. The van der Waals surface area contributed by atoms with Gasteiger partial charge in [-0.05, 0) is 42.0 Å². The predicted molar refractivity (Wildman–Crippen MR) is 71.3 cm³/mol. The van der Waals surface area contributed by atoms with Gasteiger partial charge < -0.3 is 8.92 Å². The molecule has 0 amide bonds. The molecule has 0 saturated heterocycles. The monoisotopic (exact) mass is 275 g/mol. The zero-order valence-electron chi connectivity index (χ0n) is 9.88. The lowest BCUT2D eigenvalue weighted by molar-refractivity contribution is 0.306. The molecular formula is C14H10FNO2S. The van der Waals surface area contributed by atoms with E-state index in [2.05, 4.69) is 10.3 Å². The first kappa shape index (κ1) is 13.2. The molecule has 0 atom stereocenters. The van der Waals surface area contributed by atoms with Gasteiger partial charge in [-0.1, -0.05) is 12.1 Å². The van der Waals surface area contributed by atoms with E-state index in [0.29, 0.717) is 23.7 Å². The molecule has 0 bridgehead atoms. The van der Waals surface area contributed by atoms with Crippen molar-refractivity contribution in [3.63, 3.8) is 0 Å². The summed E-state index contributed by atoms with van der Waals surface area (Å²) in [4.78, 5) is 0. The molecule has 0 aliphatic rings. The van der Waals surface area contributed by atoms with E-state index in [-0.39, 0.29) is 12.4 Å². The van der Waals surface area contributed by atoms with Crippen LogP contribution in [0.15, 0.2) is 48.5 Å². The summed E-state index contributed by atoms with van der Waals surface area (Å²) in [5.74, 6) is 1.10. The fourth-order valence-corrected chi connectivity index (χ4v) is 1.65. The number of halogens is 1. The first-order valence-electron chi connectivity index (χ1n) is 5.49. The van der Waals surface area contributed by atoms with E-state index in [9.17, 15) is 3.89 Å². The molecule has 0 N–H and O–H groups in total. The minimum atomic E-state index is -0.193. The highest BCUT2D eigenvalue weighted by molar-refractivity contribution is 7.89. The fourth-order valence-electron chi connectivity index (χ4n) is 1.47. The highest BCUT2D eigenvalue weighted by atomic mass is 32.2. The van der Waals surface area contributed by atoms with Gasteiger partial charge in [0.1, 0.15) is 18.1 Å². The number of nitriles is 1. The second-order valence-corrected chi connectivity index (χ2v) is 4.01. The van der Waals surface area contributed by atoms with Crippen molar-refractivity contribution in [3.05, 3.63) is 59.7 Å². The molecule has 0 heterocycles. The Morgan fingerprint density at radius 2 is 1.63 bits per heavy atom. The average Bonchev–Trinajstić information content (AvgIpc) is 2.47. The highest BCUT2D eigenvalue weighted by Crippen LogP contribution is 2.21. The summed E-state index contributed by atoms with van der Waals surface area (Å²) in [5.41, 5.74) is 1.59. The Balaban J connectivity index is 1.92. The summed E-state index contributed by atoms with van der Waals surface area (Å²) in [6, 6.07) is 15.9. The number of benzene rings is 2. The van der Waals surface area contributed by atoms with Crippen LogP contribution in [0.25, 0.3) is 0 Å². The zero-order chi connectivity index (χ0) is 13.5. The maximum atomic E-state index is 11.9. The Kier molecular flexibility index (Phi) is 4.65. The van der Waals surface area contributed by atoms with E-state index in [1.54, 1.807) is 36.4 Å². The third kappa shape index (κ3) is 3.90. The maximum Gasteiger partial charge on any atom is 0.272 e. The molecule has 2 aromatic carbocycles. The molecule has 3 nitrogen and oxygen atoms in total. The summed E-state index contributed by atoms with van der Waals surface area (Å²) in [7, 11) is 0. The van der Waals surface area contributed by atoms with Gasteiger partial charge in [-0.15, -0.1) is 3.89 Å². The molecule has 5 heteroatoms. The van der Waals surface area contributed by atoms with Gasteiger partial charge in [0.2, 0.25) is 0 Å². The average molecular weight is 275 g/mol. The van der Waals surface area contributed by atoms with Crippen LogP contribution in [0.5, 0.6) is 11.5 Å². The van der Waals surface area contributed by atoms with Crippen LogP contribution in [0.4, 0.5) is 3.89 Å². The Morgan fingerprint density at radius 3 is 2.21 bits per heavy atom. The summed E-state index contributed by atoms with van der Waals surface area (Å²) < 4.78 is 22.0. The van der Waals surface area contributed by atoms with Crippen molar-refractivity contribution in [2.45, 2.75) is 6.61 Å². The van der Waals surface area contributed by atoms with Crippen LogP contribution in [-0.2, 0) is 6.61 Å². The number of hydrogen-bond donors (Lipinski definition) is 0. The minimum absolute atomic E-state index is 0.193. The Hall–Kier alpha value is -2.19. The number of ether oxygens (including phenoxy) is 1. The molecule has 2 aromatic rings. The van der Waals surface area contributed by atoms with Crippen LogP contribution < -0.4 is 8.92 Å². The van der Waals surface area contributed by atoms with Gasteiger partial charge in [-0.2, -0.15) is 5.26 Å². The quantitative estimate of drug-likeness (QED) is 0.772. The van der Waals surface area contributed by atoms with Gasteiger partial charge >= 0.3 is 0 Å². The van der Waals surface area contributed by atoms with Gasteiger partial charge in [0, 0.05) is 0 Å². The summed E-state index contributed by atoms with van der Waals surface area (Å²) >= 11 is -0.193. The molecular weight excluding hydrogens is 265 g/mol. The summed E-state index contributed by atoms with van der Waals surface area (Å²) in [6.07, 6.45) is 0. The third-order valence-electron chi connectivity index (χ3n) is 2.44. The number of nitrogens with zero attached hydrogens (tertiary/aromatic N) is 1. The molecule has 2 rings (SSSR count). The molecule has 0 spiro atoms. The topological polar surface area (TPSA) is 42.2 Å². The summed E-state index contributed by atoms with van der Waals surface area (Å²) in [5, 5.41) is 8.68. The van der Waals surface area contributed by atoms with Gasteiger partial charge in [-0.25, -0.2) is 0 Å². The molecule has 19 heavy (non-hydrogen) atoms. The third-order valence-corrected chi connectivity index (χ3v) is 2.70. The lowest BCUT2D eigenvalue weighted by atomic mass is 10.2. The predicted octanol–water partition coefficient (Wildman–Crippen LogP) is 4.05. The van der Waals surface area contributed by atoms with Crippen molar-refractivity contribution in [3.8, 4) is 17.6 Å². The van der Waals surface area contributed by atoms with E-state index in [1.807, 2.05) is 12.1 Å². The fraction of sp³-hybridized carbons (Fsp3) is 0.0714. The smallest absolute Gasteiger partial charge is 0.272 e. The summed E-state index contributed by atoms with van der Waals surface area (Å²) in [6.45, 7) is 0.407. The van der Waals surface area contributed by atoms with Gasteiger partial charge in [0.15, 0.2) is 0 Å². The molecule has 0 saturated carbocycles. The van der Waals surface area contributed by atoms with Crippen LogP contribution in [0.3, 0.4) is 0 Å². The Labute approximate surface area is 115 Å².